The molecule has 18 heavy (non-hydrogen) atoms. The summed E-state index contributed by atoms with van der Waals surface area (Å²) in [5.41, 5.74) is 5.84. The Labute approximate surface area is 108 Å². The fraction of sp³-hybridized carbons (Fsp3) is 0.0769. The van der Waals surface area contributed by atoms with Gasteiger partial charge in [-0.25, -0.2) is 4.39 Å². The summed E-state index contributed by atoms with van der Waals surface area (Å²) in [6.07, 6.45) is -1.17. The van der Waals surface area contributed by atoms with Crippen molar-refractivity contribution in [2.24, 2.45) is 0 Å². The number of aliphatic hydroxyl groups excluding tert-OH is 1. The molecule has 0 radical (unpaired) electrons. The summed E-state index contributed by atoms with van der Waals surface area (Å²) in [6, 6.07) is 8.42. The summed E-state index contributed by atoms with van der Waals surface area (Å²) in [6.45, 7) is 0. The van der Waals surface area contributed by atoms with E-state index >= 15 is 0 Å². The molecule has 0 fully saturated rings. The molecule has 0 aliphatic heterocycles. The van der Waals surface area contributed by atoms with Gasteiger partial charge in [0, 0.05) is 16.7 Å². The maximum absolute atomic E-state index is 13.2. The zero-order valence-electron chi connectivity index (χ0n) is 9.27. The number of benzene rings is 2. The Morgan fingerprint density at radius 2 is 1.78 bits per heavy atom. The van der Waals surface area contributed by atoms with E-state index in [0.29, 0.717) is 10.6 Å². The zero-order valence-corrected chi connectivity index (χ0v) is 10.0. The molecule has 0 saturated heterocycles. The molecule has 0 heterocycles. The number of hydrogen-bond donors (Lipinski definition) is 3. The summed E-state index contributed by atoms with van der Waals surface area (Å²) in [5, 5.41) is 20.3. The normalized spacial score (nSPS) is 12.4. The van der Waals surface area contributed by atoms with Gasteiger partial charge in [0.05, 0.1) is 5.69 Å². The topological polar surface area (TPSA) is 66.5 Å². The van der Waals surface area contributed by atoms with E-state index in [1.54, 1.807) is 24.3 Å². The minimum absolute atomic E-state index is 0.0230. The molecule has 0 aromatic heterocycles. The van der Waals surface area contributed by atoms with Crippen LogP contribution in [0.15, 0.2) is 36.4 Å². The van der Waals surface area contributed by atoms with Crippen molar-refractivity contribution >= 4 is 17.3 Å². The summed E-state index contributed by atoms with van der Waals surface area (Å²) >= 11 is 5.73. The highest BCUT2D eigenvalue weighted by Gasteiger charge is 2.17. The molecule has 2 aromatic rings. The molecule has 1 unspecified atom stereocenters. The summed E-state index contributed by atoms with van der Waals surface area (Å²) in [4.78, 5) is 0. The number of aliphatic hydroxyl groups is 1. The van der Waals surface area contributed by atoms with E-state index in [9.17, 15) is 14.6 Å². The molecule has 2 rings (SSSR count). The van der Waals surface area contributed by atoms with Crippen LogP contribution in [0.4, 0.5) is 10.1 Å². The number of nitrogen functional groups attached to an aromatic ring is 1. The van der Waals surface area contributed by atoms with E-state index in [1.165, 1.54) is 0 Å². The molecule has 94 valence electrons. The Balaban J connectivity index is 2.45. The Bertz CT molecular complexity index is 572. The van der Waals surface area contributed by atoms with Crippen LogP contribution in [-0.4, -0.2) is 10.2 Å². The smallest absolute Gasteiger partial charge is 0.144 e. The van der Waals surface area contributed by atoms with Crippen molar-refractivity contribution in [1.82, 2.24) is 0 Å². The third-order valence-corrected chi connectivity index (χ3v) is 2.87. The van der Waals surface area contributed by atoms with Crippen LogP contribution < -0.4 is 5.73 Å². The second-order valence-corrected chi connectivity index (χ2v) is 4.32. The van der Waals surface area contributed by atoms with Crippen molar-refractivity contribution in [3.63, 3.8) is 0 Å². The van der Waals surface area contributed by atoms with Crippen LogP contribution in [0.2, 0.25) is 5.02 Å². The highest BCUT2D eigenvalue weighted by molar-refractivity contribution is 6.30. The van der Waals surface area contributed by atoms with Gasteiger partial charge < -0.3 is 15.9 Å². The second kappa shape index (κ2) is 4.84. The van der Waals surface area contributed by atoms with Crippen molar-refractivity contribution in [2.45, 2.75) is 6.10 Å². The van der Waals surface area contributed by atoms with Gasteiger partial charge in [-0.1, -0.05) is 23.7 Å². The van der Waals surface area contributed by atoms with Crippen LogP contribution in [0, 0.1) is 5.82 Å². The van der Waals surface area contributed by atoms with Crippen molar-refractivity contribution in [3.8, 4) is 5.75 Å². The Kier molecular flexibility index (Phi) is 3.41. The maximum atomic E-state index is 13.2. The predicted octanol–water partition coefficient (Wildman–Crippen LogP) is 2.85. The lowest BCUT2D eigenvalue weighted by molar-refractivity contribution is 0.215. The lowest BCUT2D eigenvalue weighted by Gasteiger charge is -2.14. The minimum Gasteiger partial charge on any atom is -0.505 e. The lowest BCUT2D eigenvalue weighted by Crippen LogP contribution is -2.02. The highest BCUT2D eigenvalue weighted by atomic mass is 35.5. The number of rotatable bonds is 2. The van der Waals surface area contributed by atoms with Gasteiger partial charge in [-0.15, -0.1) is 0 Å². The first-order chi connectivity index (χ1) is 8.49. The fourth-order valence-electron chi connectivity index (χ4n) is 1.68. The van der Waals surface area contributed by atoms with Crippen LogP contribution >= 0.6 is 11.6 Å². The number of phenolic OH excluding ortho intramolecular Hbond substituents is 1. The molecule has 0 aliphatic rings. The molecule has 0 spiro atoms. The molecule has 0 aliphatic carbocycles. The quantitative estimate of drug-likeness (QED) is 0.579. The molecular formula is C13H11ClFNO2. The molecule has 0 saturated carbocycles. The Hall–Kier alpha value is -1.78. The molecule has 0 bridgehead atoms. The monoisotopic (exact) mass is 267 g/mol. The predicted molar refractivity (Wildman–Crippen MR) is 68.0 cm³/mol. The number of aromatic hydroxyl groups is 1. The number of nitrogens with two attached hydrogens (primary N) is 1. The first-order valence-corrected chi connectivity index (χ1v) is 5.58. The van der Waals surface area contributed by atoms with E-state index in [-0.39, 0.29) is 17.0 Å². The van der Waals surface area contributed by atoms with Crippen LogP contribution in [0.1, 0.15) is 17.2 Å². The first-order valence-electron chi connectivity index (χ1n) is 5.20. The summed E-state index contributed by atoms with van der Waals surface area (Å²) < 4.78 is 13.2. The van der Waals surface area contributed by atoms with Crippen LogP contribution in [0.3, 0.4) is 0 Å². The van der Waals surface area contributed by atoms with E-state index in [2.05, 4.69) is 0 Å². The molecule has 0 amide bonds. The van der Waals surface area contributed by atoms with Gasteiger partial charge in [-0.05, 0) is 23.8 Å². The van der Waals surface area contributed by atoms with Gasteiger partial charge >= 0.3 is 0 Å². The average Bonchev–Trinajstić information content (AvgIpc) is 2.34. The molecular weight excluding hydrogens is 257 g/mol. The van der Waals surface area contributed by atoms with Gasteiger partial charge in [0.15, 0.2) is 0 Å². The van der Waals surface area contributed by atoms with Crippen molar-refractivity contribution in [3.05, 3.63) is 58.4 Å². The SMILES string of the molecule is Nc1cc(F)cc(C(O)c2ccc(Cl)cc2)c1O. The van der Waals surface area contributed by atoms with Crippen LogP contribution in [0.25, 0.3) is 0 Å². The lowest BCUT2D eigenvalue weighted by atomic mass is 10.00. The van der Waals surface area contributed by atoms with Crippen molar-refractivity contribution in [2.75, 3.05) is 5.73 Å². The van der Waals surface area contributed by atoms with Gasteiger partial charge in [0.2, 0.25) is 0 Å². The van der Waals surface area contributed by atoms with Gasteiger partial charge in [0.1, 0.15) is 17.7 Å². The number of anilines is 1. The fourth-order valence-corrected chi connectivity index (χ4v) is 1.80. The van der Waals surface area contributed by atoms with E-state index in [0.717, 1.165) is 12.1 Å². The molecule has 4 N–H and O–H groups in total. The van der Waals surface area contributed by atoms with Gasteiger partial charge in [0.25, 0.3) is 0 Å². The van der Waals surface area contributed by atoms with E-state index in [1.807, 2.05) is 0 Å². The standard InChI is InChI=1S/C13H11ClFNO2/c14-8-3-1-7(2-4-8)12(17)10-5-9(15)6-11(16)13(10)18/h1-6,12,17-18H,16H2. The molecule has 5 heteroatoms. The third kappa shape index (κ3) is 2.39. The summed E-state index contributed by atoms with van der Waals surface area (Å²) in [5.74, 6) is -0.938. The Morgan fingerprint density at radius 3 is 2.39 bits per heavy atom. The maximum Gasteiger partial charge on any atom is 0.144 e. The van der Waals surface area contributed by atoms with Crippen LogP contribution in [-0.2, 0) is 0 Å². The van der Waals surface area contributed by atoms with Gasteiger partial charge in [-0.2, -0.15) is 0 Å². The second-order valence-electron chi connectivity index (χ2n) is 3.89. The minimum atomic E-state index is -1.17. The highest BCUT2D eigenvalue weighted by Crippen LogP contribution is 2.34. The summed E-state index contributed by atoms with van der Waals surface area (Å²) in [7, 11) is 0. The first kappa shape index (κ1) is 12.7. The number of phenols is 1. The Morgan fingerprint density at radius 1 is 1.17 bits per heavy atom. The largest absolute Gasteiger partial charge is 0.505 e. The van der Waals surface area contributed by atoms with Crippen molar-refractivity contribution in [1.29, 1.82) is 0 Å². The molecule has 2 aromatic carbocycles. The zero-order chi connectivity index (χ0) is 13.3. The number of halogens is 2. The van der Waals surface area contributed by atoms with Crippen molar-refractivity contribution < 1.29 is 14.6 Å². The molecule has 1 atom stereocenters. The van der Waals surface area contributed by atoms with E-state index < -0.39 is 11.9 Å². The average molecular weight is 268 g/mol. The van der Waals surface area contributed by atoms with Gasteiger partial charge in [-0.3, -0.25) is 0 Å². The third-order valence-electron chi connectivity index (χ3n) is 2.61. The van der Waals surface area contributed by atoms with Crippen LogP contribution in [0.5, 0.6) is 5.75 Å². The number of hydrogen-bond acceptors (Lipinski definition) is 3. The molecule has 3 nitrogen and oxygen atoms in total. The van der Waals surface area contributed by atoms with E-state index in [4.69, 9.17) is 17.3 Å².